The Kier molecular flexibility index (Phi) is 4.64. The lowest BCUT2D eigenvalue weighted by Gasteiger charge is -2.38. The number of hydrogen-bond donors (Lipinski definition) is 0. The maximum absolute atomic E-state index is 2.51. The Morgan fingerprint density at radius 2 is 1.35 bits per heavy atom. The highest BCUT2D eigenvalue weighted by Gasteiger charge is 2.40. The fourth-order valence-electron chi connectivity index (χ4n) is 3.45. The summed E-state index contributed by atoms with van der Waals surface area (Å²) in [6, 6.07) is 22.0. The van der Waals surface area contributed by atoms with Crippen LogP contribution < -0.4 is 10.6 Å². The number of rotatable bonds is 3. The van der Waals surface area contributed by atoms with E-state index in [1.807, 2.05) is 0 Å². The van der Waals surface area contributed by atoms with Crippen molar-refractivity contribution in [3.05, 3.63) is 72.9 Å². The SMILES string of the molecule is CB1C(P(c2ccccc2)c2ccccc2)C=CN1C(C)(C)C. The first kappa shape index (κ1) is 16.3. The van der Waals surface area contributed by atoms with Gasteiger partial charge in [-0.25, -0.2) is 0 Å². The fourth-order valence-corrected chi connectivity index (χ4v) is 6.25. The van der Waals surface area contributed by atoms with E-state index >= 15 is 0 Å². The van der Waals surface area contributed by atoms with Crippen LogP contribution in [0.1, 0.15) is 20.8 Å². The minimum Gasteiger partial charge on any atom is -0.416 e. The minimum atomic E-state index is -0.394. The zero-order valence-electron chi connectivity index (χ0n) is 14.5. The van der Waals surface area contributed by atoms with E-state index in [9.17, 15) is 0 Å². The molecule has 23 heavy (non-hydrogen) atoms. The van der Waals surface area contributed by atoms with Crippen molar-refractivity contribution in [3.63, 3.8) is 0 Å². The van der Waals surface area contributed by atoms with E-state index in [1.165, 1.54) is 10.6 Å². The van der Waals surface area contributed by atoms with Crippen LogP contribution in [-0.2, 0) is 0 Å². The second-order valence-electron chi connectivity index (χ2n) is 7.19. The van der Waals surface area contributed by atoms with Gasteiger partial charge in [0.1, 0.15) is 0 Å². The molecule has 0 fully saturated rings. The van der Waals surface area contributed by atoms with E-state index in [0.29, 0.717) is 12.4 Å². The van der Waals surface area contributed by atoms with Crippen LogP contribution >= 0.6 is 7.92 Å². The Morgan fingerprint density at radius 1 is 0.870 bits per heavy atom. The summed E-state index contributed by atoms with van der Waals surface area (Å²) in [7, 11) is -0.394. The topological polar surface area (TPSA) is 3.24 Å². The summed E-state index contributed by atoms with van der Waals surface area (Å²) >= 11 is 0. The molecule has 1 aliphatic heterocycles. The van der Waals surface area contributed by atoms with Crippen LogP contribution in [0.25, 0.3) is 0 Å². The standard InChI is InChI=1S/C20H25BNP/c1-20(2,3)22-16-15-19(21(22)4)23(17-11-7-5-8-12-17)18-13-9-6-10-14-18/h5-16,19H,1-4H3. The van der Waals surface area contributed by atoms with Gasteiger partial charge in [0.25, 0.3) is 6.85 Å². The average Bonchev–Trinajstić information content (AvgIpc) is 2.92. The van der Waals surface area contributed by atoms with E-state index in [4.69, 9.17) is 0 Å². The van der Waals surface area contributed by atoms with E-state index in [2.05, 4.69) is 105 Å². The molecule has 2 aromatic rings. The Morgan fingerprint density at radius 3 is 1.74 bits per heavy atom. The van der Waals surface area contributed by atoms with Gasteiger partial charge in [0.2, 0.25) is 0 Å². The molecule has 1 unspecified atom stereocenters. The highest BCUT2D eigenvalue weighted by molar-refractivity contribution is 7.75. The van der Waals surface area contributed by atoms with Crippen LogP contribution in [0.15, 0.2) is 72.9 Å². The third kappa shape index (κ3) is 3.38. The van der Waals surface area contributed by atoms with Crippen molar-refractivity contribution in [1.29, 1.82) is 0 Å². The third-order valence-electron chi connectivity index (χ3n) is 4.52. The van der Waals surface area contributed by atoms with Gasteiger partial charge in [0.15, 0.2) is 0 Å². The van der Waals surface area contributed by atoms with Crippen LogP contribution in [0, 0.1) is 0 Å². The molecular weight excluding hydrogens is 296 g/mol. The van der Waals surface area contributed by atoms with E-state index in [1.54, 1.807) is 0 Å². The molecular formula is C20H25BNP. The lowest BCUT2D eigenvalue weighted by molar-refractivity contribution is 0.328. The molecule has 0 radical (unpaired) electrons. The Bertz CT molecular complexity index is 624. The lowest BCUT2D eigenvalue weighted by Crippen LogP contribution is -2.48. The molecule has 0 saturated heterocycles. The second kappa shape index (κ2) is 6.53. The molecule has 0 spiro atoms. The summed E-state index contributed by atoms with van der Waals surface area (Å²) < 4.78 is 0. The van der Waals surface area contributed by atoms with Gasteiger partial charge in [0.05, 0.1) is 0 Å². The van der Waals surface area contributed by atoms with Gasteiger partial charge in [-0.3, -0.25) is 0 Å². The van der Waals surface area contributed by atoms with Gasteiger partial charge in [-0.1, -0.05) is 73.6 Å². The second-order valence-corrected chi connectivity index (χ2v) is 9.56. The smallest absolute Gasteiger partial charge is 0.263 e. The molecule has 0 N–H and O–H groups in total. The zero-order chi connectivity index (χ0) is 16.4. The first-order chi connectivity index (χ1) is 11.0. The summed E-state index contributed by atoms with van der Waals surface area (Å²) in [6.07, 6.45) is 4.75. The molecule has 3 rings (SSSR count). The Hall–Kier alpha value is -1.53. The highest BCUT2D eigenvalue weighted by atomic mass is 31.1. The predicted molar refractivity (Wildman–Crippen MR) is 105 cm³/mol. The largest absolute Gasteiger partial charge is 0.416 e. The summed E-state index contributed by atoms with van der Waals surface area (Å²) in [5, 5.41) is 2.93. The number of nitrogens with zero attached hydrogens (tertiary/aromatic N) is 1. The Labute approximate surface area is 142 Å². The van der Waals surface area contributed by atoms with Crippen molar-refractivity contribution in [3.8, 4) is 0 Å². The average molecular weight is 321 g/mol. The van der Waals surface area contributed by atoms with Gasteiger partial charge >= 0.3 is 0 Å². The minimum absolute atomic E-state index is 0.166. The molecule has 1 aliphatic rings. The Balaban J connectivity index is 2.00. The number of hydrogen-bond acceptors (Lipinski definition) is 1. The van der Waals surface area contributed by atoms with Crippen LogP contribution in [0.4, 0.5) is 0 Å². The van der Waals surface area contributed by atoms with Crippen LogP contribution in [-0.4, -0.2) is 22.8 Å². The molecule has 1 heterocycles. The fraction of sp³-hybridized carbons (Fsp3) is 0.300. The molecule has 0 saturated carbocycles. The van der Waals surface area contributed by atoms with E-state index in [-0.39, 0.29) is 5.54 Å². The van der Waals surface area contributed by atoms with Crippen molar-refractivity contribution >= 4 is 25.4 Å². The van der Waals surface area contributed by atoms with Crippen molar-refractivity contribution < 1.29 is 0 Å². The van der Waals surface area contributed by atoms with Crippen molar-refractivity contribution in [2.75, 3.05) is 0 Å². The summed E-state index contributed by atoms with van der Waals surface area (Å²) in [5.74, 6) is 0. The van der Waals surface area contributed by atoms with Crippen molar-refractivity contribution in [1.82, 2.24) is 4.81 Å². The normalized spacial score (nSPS) is 18.0. The summed E-state index contributed by atoms with van der Waals surface area (Å²) in [4.78, 5) is 2.51. The summed E-state index contributed by atoms with van der Waals surface area (Å²) in [5.41, 5.74) is 0.716. The number of allylic oxidation sites excluding steroid dienone is 1. The van der Waals surface area contributed by atoms with Gasteiger partial charge in [0, 0.05) is 11.1 Å². The van der Waals surface area contributed by atoms with Crippen LogP contribution in [0.5, 0.6) is 0 Å². The highest BCUT2D eigenvalue weighted by Crippen LogP contribution is 2.45. The van der Waals surface area contributed by atoms with Crippen molar-refractivity contribution in [2.24, 2.45) is 0 Å². The van der Waals surface area contributed by atoms with Crippen LogP contribution in [0.3, 0.4) is 0 Å². The molecule has 0 aromatic heterocycles. The maximum Gasteiger partial charge on any atom is 0.263 e. The van der Waals surface area contributed by atoms with E-state index < -0.39 is 7.92 Å². The quantitative estimate of drug-likeness (QED) is 0.603. The lowest BCUT2D eigenvalue weighted by atomic mass is 9.60. The van der Waals surface area contributed by atoms with Gasteiger partial charge in [-0.2, -0.15) is 0 Å². The molecule has 1 nitrogen and oxygen atoms in total. The molecule has 0 amide bonds. The molecule has 0 aliphatic carbocycles. The molecule has 0 bridgehead atoms. The van der Waals surface area contributed by atoms with Crippen molar-refractivity contribution in [2.45, 2.75) is 38.7 Å². The summed E-state index contributed by atoms with van der Waals surface area (Å²) in [6.45, 7) is 9.77. The van der Waals surface area contributed by atoms with Gasteiger partial charge in [-0.15, -0.1) is 0 Å². The number of benzene rings is 2. The molecule has 3 heteroatoms. The zero-order valence-corrected chi connectivity index (χ0v) is 15.4. The monoisotopic (exact) mass is 321 g/mol. The van der Waals surface area contributed by atoms with E-state index in [0.717, 1.165) is 0 Å². The van der Waals surface area contributed by atoms with Crippen LogP contribution in [0.2, 0.25) is 6.82 Å². The predicted octanol–water partition coefficient (Wildman–Crippen LogP) is 4.28. The molecule has 2 aromatic carbocycles. The van der Waals surface area contributed by atoms with Gasteiger partial charge < -0.3 is 4.81 Å². The van der Waals surface area contributed by atoms with Gasteiger partial charge in [-0.05, 0) is 45.5 Å². The first-order valence-corrected chi connectivity index (χ1v) is 9.75. The maximum atomic E-state index is 2.51. The first-order valence-electron chi connectivity index (χ1n) is 8.34. The molecule has 118 valence electrons. The third-order valence-corrected chi connectivity index (χ3v) is 7.43. The molecule has 1 atom stereocenters.